The Morgan fingerprint density at radius 3 is 2.38 bits per heavy atom. The number of hydrogen-bond donors (Lipinski definition) is 0. The Hall–Kier alpha value is -2.21. The summed E-state index contributed by atoms with van der Waals surface area (Å²) in [6.45, 7) is 6.21. The van der Waals surface area contributed by atoms with Gasteiger partial charge in [-0.1, -0.05) is 18.2 Å². The minimum Gasteiger partial charge on any atom is -0.339 e. The summed E-state index contributed by atoms with van der Waals surface area (Å²) >= 11 is 1.56. The zero-order chi connectivity index (χ0) is 17.1. The first-order valence-electron chi connectivity index (χ1n) is 8.08. The molecule has 0 atom stereocenters. The maximum Gasteiger partial charge on any atom is 0.254 e. The van der Waals surface area contributed by atoms with Gasteiger partial charge in [0.2, 0.25) is 5.91 Å². The second kappa shape index (κ2) is 7.13. The predicted molar refractivity (Wildman–Crippen MR) is 94.2 cm³/mol. The van der Waals surface area contributed by atoms with Crippen LogP contribution >= 0.6 is 11.3 Å². The largest absolute Gasteiger partial charge is 0.339 e. The van der Waals surface area contributed by atoms with E-state index in [1.807, 2.05) is 53.3 Å². The summed E-state index contributed by atoms with van der Waals surface area (Å²) in [6, 6.07) is 7.63. The molecule has 24 heavy (non-hydrogen) atoms. The molecule has 1 fully saturated rings. The normalized spacial score (nSPS) is 14.8. The van der Waals surface area contributed by atoms with Crippen molar-refractivity contribution in [2.24, 2.45) is 0 Å². The summed E-state index contributed by atoms with van der Waals surface area (Å²) in [6.07, 6.45) is 0.343. The minimum atomic E-state index is 0.0512. The van der Waals surface area contributed by atoms with Crippen molar-refractivity contribution in [3.63, 3.8) is 0 Å². The maximum atomic E-state index is 12.6. The highest BCUT2D eigenvalue weighted by molar-refractivity contribution is 7.09. The summed E-state index contributed by atoms with van der Waals surface area (Å²) < 4.78 is 0. The second-order valence-corrected chi connectivity index (χ2v) is 7.08. The van der Waals surface area contributed by atoms with Gasteiger partial charge in [-0.25, -0.2) is 4.98 Å². The lowest BCUT2D eigenvalue weighted by Crippen LogP contribution is -2.51. The summed E-state index contributed by atoms with van der Waals surface area (Å²) in [5, 5.41) is 2.91. The first-order valence-corrected chi connectivity index (χ1v) is 8.96. The van der Waals surface area contributed by atoms with Crippen molar-refractivity contribution in [3.05, 3.63) is 51.5 Å². The Morgan fingerprint density at radius 2 is 1.75 bits per heavy atom. The third kappa shape index (κ3) is 3.64. The van der Waals surface area contributed by atoms with Gasteiger partial charge in [0, 0.05) is 37.1 Å². The van der Waals surface area contributed by atoms with Crippen molar-refractivity contribution in [1.29, 1.82) is 0 Å². The molecule has 0 spiro atoms. The lowest BCUT2D eigenvalue weighted by molar-refractivity contribution is -0.132. The van der Waals surface area contributed by atoms with Gasteiger partial charge in [0.1, 0.15) is 0 Å². The molecule has 0 aliphatic carbocycles. The van der Waals surface area contributed by atoms with Crippen LogP contribution in [-0.4, -0.2) is 52.8 Å². The average molecular weight is 343 g/mol. The van der Waals surface area contributed by atoms with Crippen molar-refractivity contribution in [3.8, 4) is 0 Å². The van der Waals surface area contributed by atoms with Gasteiger partial charge in [-0.15, -0.1) is 11.3 Å². The summed E-state index contributed by atoms with van der Waals surface area (Å²) in [4.78, 5) is 33.0. The Balaban J connectivity index is 1.56. The smallest absolute Gasteiger partial charge is 0.254 e. The predicted octanol–water partition coefficient (Wildman–Crippen LogP) is 2.29. The monoisotopic (exact) mass is 343 g/mol. The van der Waals surface area contributed by atoms with E-state index in [0.717, 1.165) is 21.8 Å². The number of hydrogen-bond acceptors (Lipinski definition) is 4. The molecule has 1 aliphatic heterocycles. The first-order chi connectivity index (χ1) is 11.5. The molecule has 2 aromatic rings. The summed E-state index contributed by atoms with van der Waals surface area (Å²) in [7, 11) is 0. The van der Waals surface area contributed by atoms with E-state index in [9.17, 15) is 9.59 Å². The van der Waals surface area contributed by atoms with Gasteiger partial charge in [0.25, 0.3) is 5.91 Å². The molecule has 1 saturated heterocycles. The molecule has 3 rings (SSSR count). The van der Waals surface area contributed by atoms with Gasteiger partial charge in [-0.2, -0.15) is 0 Å². The molecule has 2 amide bonds. The fourth-order valence-electron chi connectivity index (χ4n) is 2.90. The average Bonchev–Trinajstić information content (AvgIpc) is 2.99. The zero-order valence-electron chi connectivity index (χ0n) is 14.0. The third-order valence-corrected chi connectivity index (χ3v) is 5.12. The van der Waals surface area contributed by atoms with E-state index in [4.69, 9.17) is 0 Å². The highest BCUT2D eigenvalue weighted by atomic mass is 32.1. The molecule has 0 saturated carbocycles. The molecule has 6 heteroatoms. The van der Waals surface area contributed by atoms with Gasteiger partial charge < -0.3 is 9.80 Å². The Morgan fingerprint density at radius 1 is 1.08 bits per heavy atom. The van der Waals surface area contributed by atoms with E-state index in [1.54, 1.807) is 11.3 Å². The molecule has 1 aromatic carbocycles. The van der Waals surface area contributed by atoms with Crippen LogP contribution in [-0.2, 0) is 11.2 Å². The van der Waals surface area contributed by atoms with Crippen LogP contribution in [0.25, 0.3) is 0 Å². The van der Waals surface area contributed by atoms with Gasteiger partial charge >= 0.3 is 0 Å². The van der Waals surface area contributed by atoms with Crippen LogP contribution in [0.1, 0.15) is 26.6 Å². The zero-order valence-corrected chi connectivity index (χ0v) is 14.8. The number of carbonyl (C=O) groups is 2. The van der Waals surface area contributed by atoms with E-state index in [0.29, 0.717) is 32.6 Å². The standard InChI is InChI=1S/C18H21N3O2S/c1-13-5-3-4-6-16(13)18(23)21-9-7-20(8-10-21)17(22)11-15-12-24-14(2)19-15/h3-6,12H,7-11H2,1-2H3. The Bertz CT molecular complexity index is 748. The van der Waals surface area contributed by atoms with Crippen LogP contribution in [0.4, 0.5) is 0 Å². The van der Waals surface area contributed by atoms with Crippen molar-refractivity contribution in [2.45, 2.75) is 20.3 Å². The molecule has 0 radical (unpaired) electrons. The van der Waals surface area contributed by atoms with Gasteiger partial charge in [0.05, 0.1) is 17.1 Å². The fraction of sp³-hybridized carbons (Fsp3) is 0.389. The number of aromatic nitrogens is 1. The van der Waals surface area contributed by atoms with Gasteiger partial charge in [0.15, 0.2) is 0 Å². The van der Waals surface area contributed by atoms with E-state index >= 15 is 0 Å². The Kier molecular flexibility index (Phi) is 4.94. The highest BCUT2D eigenvalue weighted by Crippen LogP contribution is 2.14. The number of aryl methyl sites for hydroxylation is 2. The van der Waals surface area contributed by atoms with Crippen LogP contribution in [0.5, 0.6) is 0 Å². The third-order valence-electron chi connectivity index (χ3n) is 4.29. The van der Waals surface area contributed by atoms with Gasteiger partial charge in [-0.3, -0.25) is 9.59 Å². The summed E-state index contributed by atoms with van der Waals surface area (Å²) in [5.74, 6) is 0.138. The fourth-order valence-corrected chi connectivity index (χ4v) is 3.51. The van der Waals surface area contributed by atoms with Crippen LogP contribution in [0.15, 0.2) is 29.6 Å². The van der Waals surface area contributed by atoms with Crippen LogP contribution in [0.2, 0.25) is 0 Å². The van der Waals surface area contributed by atoms with E-state index in [-0.39, 0.29) is 11.8 Å². The molecule has 1 aliphatic rings. The molecule has 5 nitrogen and oxygen atoms in total. The number of nitrogens with zero attached hydrogens (tertiary/aromatic N) is 3. The number of piperazine rings is 1. The van der Waals surface area contributed by atoms with Crippen LogP contribution < -0.4 is 0 Å². The van der Waals surface area contributed by atoms with Crippen LogP contribution in [0, 0.1) is 13.8 Å². The lowest BCUT2D eigenvalue weighted by atomic mass is 10.1. The van der Waals surface area contributed by atoms with Crippen LogP contribution in [0.3, 0.4) is 0 Å². The van der Waals surface area contributed by atoms with E-state index < -0.39 is 0 Å². The molecule has 2 heterocycles. The molecule has 0 N–H and O–H groups in total. The Labute approximate surface area is 145 Å². The first kappa shape index (κ1) is 16.6. The number of carbonyl (C=O) groups excluding carboxylic acids is 2. The second-order valence-electron chi connectivity index (χ2n) is 6.02. The molecule has 1 aromatic heterocycles. The van der Waals surface area contributed by atoms with Crippen molar-refractivity contribution < 1.29 is 9.59 Å². The minimum absolute atomic E-state index is 0.0512. The lowest BCUT2D eigenvalue weighted by Gasteiger charge is -2.35. The molecular weight excluding hydrogens is 322 g/mol. The van der Waals surface area contributed by atoms with E-state index in [2.05, 4.69) is 4.98 Å². The van der Waals surface area contributed by atoms with Crippen molar-refractivity contribution in [1.82, 2.24) is 14.8 Å². The summed E-state index contributed by atoms with van der Waals surface area (Å²) in [5.41, 5.74) is 2.57. The van der Waals surface area contributed by atoms with Crippen molar-refractivity contribution >= 4 is 23.2 Å². The number of benzene rings is 1. The van der Waals surface area contributed by atoms with Crippen molar-refractivity contribution in [2.75, 3.05) is 26.2 Å². The topological polar surface area (TPSA) is 53.5 Å². The quantitative estimate of drug-likeness (QED) is 0.859. The van der Waals surface area contributed by atoms with Gasteiger partial charge in [-0.05, 0) is 25.5 Å². The molecular formula is C18H21N3O2S. The number of thiazole rings is 1. The molecule has 0 unspecified atom stereocenters. The molecule has 0 bridgehead atoms. The SMILES string of the molecule is Cc1nc(CC(=O)N2CCN(C(=O)c3ccccc3C)CC2)cs1. The highest BCUT2D eigenvalue weighted by Gasteiger charge is 2.25. The molecule has 126 valence electrons. The number of rotatable bonds is 3. The van der Waals surface area contributed by atoms with E-state index in [1.165, 1.54) is 0 Å². The number of amides is 2. The maximum absolute atomic E-state index is 12.6.